The number of halogens is 2. The van der Waals surface area contributed by atoms with Crippen LogP contribution in [-0.2, 0) is 6.54 Å². The minimum absolute atomic E-state index is 0.221. The molecule has 16 heavy (non-hydrogen) atoms. The normalized spacial score (nSPS) is 10.4. The Labute approximate surface area is 106 Å². The molecule has 1 aromatic heterocycles. The van der Waals surface area contributed by atoms with Crippen molar-refractivity contribution < 1.29 is 4.39 Å². The largest absolute Gasteiger partial charge is 0.380 e. The summed E-state index contributed by atoms with van der Waals surface area (Å²) in [5, 5.41) is 7.43. The Morgan fingerprint density at radius 3 is 2.81 bits per heavy atom. The summed E-state index contributed by atoms with van der Waals surface area (Å²) in [5.41, 5.74) is 3.28. The molecule has 0 atom stereocenters. The van der Waals surface area contributed by atoms with Crippen molar-refractivity contribution in [1.29, 1.82) is 0 Å². The lowest BCUT2D eigenvalue weighted by atomic mass is 10.2. The maximum Gasteiger partial charge on any atom is 0.137 e. The van der Waals surface area contributed by atoms with Crippen LogP contribution in [0.3, 0.4) is 0 Å². The maximum absolute atomic E-state index is 13.3. The smallest absolute Gasteiger partial charge is 0.137 e. The van der Waals surface area contributed by atoms with Gasteiger partial charge in [-0.15, -0.1) is 11.3 Å². The summed E-state index contributed by atoms with van der Waals surface area (Å²) >= 11 is 4.80. The summed E-state index contributed by atoms with van der Waals surface area (Å²) in [7, 11) is 0. The Balaban J connectivity index is 2.05. The van der Waals surface area contributed by atoms with E-state index in [2.05, 4.69) is 38.9 Å². The summed E-state index contributed by atoms with van der Waals surface area (Å²) in [6.07, 6.45) is 0. The third kappa shape index (κ3) is 2.62. The molecular formula is C12H11BrFNS. The SMILES string of the molecule is Cc1cscc1NCc1ccc(Br)c(F)c1. The predicted molar refractivity (Wildman–Crippen MR) is 70.5 cm³/mol. The molecule has 0 spiro atoms. The van der Waals surface area contributed by atoms with E-state index in [1.165, 1.54) is 5.56 Å². The molecule has 0 bridgehead atoms. The molecule has 0 unspecified atom stereocenters. The second-order valence-electron chi connectivity index (χ2n) is 3.57. The molecule has 0 radical (unpaired) electrons. The van der Waals surface area contributed by atoms with E-state index in [1.54, 1.807) is 23.5 Å². The molecular weight excluding hydrogens is 289 g/mol. The van der Waals surface area contributed by atoms with Crippen LogP contribution in [0.1, 0.15) is 11.1 Å². The van der Waals surface area contributed by atoms with Gasteiger partial charge in [0.1, 0.15) is 5.82 Å². The molecule has 0 amide bonds. The quantitative estimate of drug-likeness (QED) is 0.875. The van der Waals surface area contributed by atoms with Gasteiger partial charge in [-0.05, 0) is 51.5 Å². The first-order valence-electron chi connectivity index (χ1n) is 4.87. The summed E-state index contributed by atoms with van der Waals surface area (Å²) in [4.78, 5) is 0. The number of benzene rings is 1. The molecule has 84 valence electrons. The molecule has 0 aliphatic carbocycles. The van der Waals surface area contributed by atoms with Crippen molar-refractivity contribution in [2.75, 3.05) is 5.32 Å². The van der Waals surface area contributed by atoms with Crippen LogP contribution in [0, 0.1) is 12.7 Å². The van der Waals surface area contributed by atoms with Crippen LogP contribution in [-0.4, -0.2) is 0 Å². The number of hydrogen-bond acceptors (Lipinski definition) is 2. The highest BCUT2D eigenvalue weighted by Gasteiger charge is 2.02. The zero-order chi connectivity index (χ0) is 11.5. The Bertz CT molecular complexity index is 496. The number of anilines is 1. The highest BCUT2D eigenvalue weighted by atomic mass is 79.9. The van der Waals surface area contributed by atoms with E-state index in [0.29, 0.717) is 11.0 Å². The summed E-state index contributed by atoms with van der Waals surface area (Å²) in [6, 6.07) is 5.17. The van der Waals surface area contributed by atoms with E-state index >= 15 is 0 Å². The van der Waals surface area contributed by atoms with Crippen LogP contribution in [0.5, 0.6) is 0 Å². The lowest BCUT2D eigenvalue weighted by Gasteiger charge is -2.06. The van der Waals surface area contributed by atoms with Gasteiger partial charge in [-0.2, -0.15) is 0 Å². The highest BCUT2D eigenvalue weighted by Crippen LogP contribution is 2.21. The highest BCUT2D eigenvalue weighted by molar-refractivity contribution is 9.10. The minimum Gasteiger partial charge on any atom is -0.380 e. The van der Waals surface area contributed by atoms with Crippen LogP contribution in [0.25, 0.3) is 0 Å². The van der Waals surface area contributed by atoms with E-state index < -0.39 is 0 Å². The van der Waals surface area contributed by atoms with Crippen molar-refractivity contribution in [1.82, 2.24) is 0 Å². The fraction of sp³-hybridized carbons (Fsp3) is 0.167. The first kappa shape index (κ1) is 11.6. The number of aryl methyl sites for hydroxylation is 1. The second kappa shape index (κ2) is 4.97. The van der Waals surface area contributed by atoms with Gasteiger partial charge in [0.2, 0.25) is 0 Å². The average molecular weight is 300 g/mol. The molecule has 4 heteroatoms. The molecule has 1 N–H and O–H groups in total. The van der Waals surface area contributed by atoms with Gasteiger partial charge >= 0.3 is 0 Å². The van der Waals surface area contributed by atoms with Crippen molar-refractivity contribution in [3.63, 3.8) is 0 Å². The van der Waals surface area contributed by atoms with Crippen LogP contribution < -0.4 is 5.32 Å². The number of rotatable bonds is 3. The molecule has 0 fully saturated rings. The lowest BCUT2D eigenvalue weighted by molar-refractivity contribution is 0.619. The Kier molecular flexibility index (Phi) is 3.61. The fourth-order valence-corrected chi connectivity index (χ4v) is 2.44. The van der Waals surface area contributed by atoms with Crippen LogP contribution in [0.15, 0.2) is 33.4 Å². The lowest BCUT2D eigenvalue weighted by Crippen LogP contribution is -1.99. The number of thiophene rings is 1. The Hall–Kier alpha value is -0.870. The van der Waals surface area contributed by atoms with Crippen molar-refractivity contribution >= 4 is 33.0 Å². The van der Waals surface area contributed by atoms with Crippen LogP contribution in [0.4, 0.5) is 10.1 Å². The monoisotopic (exact) mass is 299 g/mol. The molecule has 1 aromatic carbocycles. The van der Waals surface area contributed by atoms with Gasteiger partial charge in [0, 0.05) is 17.6 Å². The molecule has 0 saturated carbocycles. The van der Waals surface area contributed by atoms with Gasteiger partial charge in [-0.25, -0.2) is 4.39 Å². The second-order valence-corrected chi connectivity index (χ2v) is 5.17. The fourth-order valence-electron chi connectivity index (χ4n) is 1.39. The molecule has 0 aliphatic rings. The van der Waals surface area contributed by atoms with Gasteiger partial charge in [0.15, 0.2) is 0 Å². The van der Waals surface area contributed by atoms with Gasteiger partial charge in [0.05, 0.1) is 4.47 Å². The molecule has 2 aromatic rings. The minimum atomic E-state index is -0.221. The average Bonchev–Trinajstić information content (AvgIpc) is 2.66. The standard InChI is InChI=1S/C12H11BrFNS/c1-8-6-16-7-12(8)15-5-9-2-3-10(13)11(14)4-9/h2-4,6-7,15H,5H2,1H3. The zero-order valence-electron chi connectivity index (χ0n) is 8.76. The molecule has 0 aliphatic heterocycles. The molecule has 0 saturated heterocycles. The van der Waals surface area contributed by atoms with Gasteiger partial charge in [-0.3, -0.25) is 0 Å². The van der Waals surface area contributed by atoms with E-state index in [1.807, 2.05) is 6.07 Å². The van der Waals surface area contributed by atoms with Crippen molar-refractivity contribution in [2.24, 2.45) is 0 Å². The van der Waals surface area contributed by atoms with Gasteiger partial charge < -0.3 is 5.32 Å². The van der Waals surface area contributed by atoms with E-state index in [0.717, 1.165) is 11.3 Å². The van der Waals surface area contributed by atoms with Crippen molar-refractivity contribution in [3.05, 3.63) is 50.4 Å². The molecule has 2 rings (SSSR count). The number of nitrogens with one attached hydrogen (secondary N) is 1. The molecule has 1 nitrogen and oxygen atoms in total. The van der Waals surface area contributed by atoms with Gasteiger partial charge in [0.25, 0.3) is 0 Å². The third-order valence-electron chi connectivity index (χ3n) is 2.32. The third-order valence-corrected chi connectivity index (χ3v) is 3.83. The number of hydrogen-bond donors (Lipinski definition) is 1. The summed E-state index contributed by atoms with van der Waals surface area (Å²) < 4.78 is 13.8. The van der Waals surface area contributed by atoms with Crippen molar-refractivity contribution in [2.45, 2.75) is 13.5 Å². The summed E-state index contributed by atoms with van der Waals surface area (Å²) in [6.45, 7) is 2.70. The van der Waals surface area contributed by atoms with E-state index in [4.69, 9.17) is 0 Å². The van der Waals surface area contributed by atoms with Crippen LogP contribution in [0.2, 0.25) is 0 Å². The Morgan fingerprint density at radius 1 is 1.38 bits per heavy atom. The Morgan fingerprint density at radius 2 is 2.19 bits per heavy atom. The summed E-state index contributed by atoms with van der Waals surface area (Å²) in [5.74, 6) is -0.221. The zero-order valence-corrected chi connectivity index (χ0v) is 11.2. The predicted octanol–water partition coefficient (Wildman–Crippen LogP) is 4.57. The molecule has 1 heterocycles. The van der Waals surface area contributed by atoms with Crippen molar-refractivity contribution in [3.8, 4) is 0 Å². The van der Waals surface area contributed by atoms with E-state index in [9.17, 15) is 4.39 Å². The topological polar surface area (TPSA) is 12.0 Å². The maximum atomic E-state index is 13.3. The first-order valence-corrected chi connectivity index (χ1v) is 6.61. The van der Waals surface area contributed by atoms with Crippen LogP contribution >= 0.6 is 27.3 Å². The van der Waals surface area contributed by atoms with Gasteiger partial charge in [-0.1, -0.05) is 6.07 Å². The van der Waals surface area contributed by atoms with E-state index in [-0.39, 0.29) is 5.82 Å². The first-order chi connectivity index (χ1) is 7.66.